The van der Waals surface area contributed by atoms with Crippen LogP contribution >= 0.6 is 22.9 Å². The lowest BCUT2D eigenvalue weighted by molar-refractivity contribution is -0.122. The molecule has 106 valence electrons. The van der Waals surface area contributed by atoms with Crippen LogP contribution in [0.4, 0.5) is 5.13 Å². The molecule has 1 aromatic carbocycles. The standard InChI is InChI=1S/C14H16ClN3OS/c1-14(6-2-3-7-16-14)12(19)18-13-17-10-5-4-9(15)8-11(10)20-13/h4-5,8,16H,2-3,6-7H2,1H3,(H,17,18,19). The van der Waals surface area contributed by atoms with Crippen LogP contribution in [0.2, 0.25) is 5.02 Å². The van der Waals surface area contributed by atoms with Crippen LogP contribution in [0.15, 0.2) is 18.2 Å². The van der Waals surface area contributed by atoms with Crippen LogP contribution in [0.5, 0.6) is 0 Å². The van der Waals surface area contributed by atoms with Gasteiger partial charge >= 0.3 is 0 Å². The van der Waals surface area contributed by atoms with E-state index >= 15 is 0 Å². The van der Waals surface area contributed by atoms with Crippen LogP contribution in [0, 0.1) is 0 Å². The Morgan fingerprint density at radius 1 is 1.50 bits per heavy atom. The summed E-state index contributed by atoms with van der Waals surface area (Å²) in [6.07, 6.45) is 3.06. The highest BCUT2D eigenvalue weighted by molar-refractivity contribution is 7.22. The Hall–Kier alpha value is -1.17. The Kier molecular flexibility index (Phi) is 3.67. The van der Waals surface area contributed by atoms with Gasteiger partial charge in [-0.15, -0.1) is 0 Å². The molecule has 3 rings (SSSR count). The second-order valence-electron chi connectivity index (χ2n) is 5.30. The Morgan fingerprint density at radius 2 is 2.35 bits per heavy atom. The average Bonchev–Trinajstić information content (AvgIpc) is 2.81. The zero-order valence-electron chi connectivity index (χ0n) is 11.2. The van der Waals surface area contributed by atoms with Crippen molar-refractivity contribution in [3.8, 4) is 0 Å². The summed E-state index contributed by atoms with van der Waals surface area (Å²) in [5, 5.41) is 7.53. The zero-order chi connectivity index (χ0) is 14.2. The molecule has 1 aliphatic heterocycles. The number of anilines is 1. The van der Waals surface area contributed by atoms with Gasteiger partial charge in [0, 0.05) is 5.02 Å². The lowest BCUT2D eigenvalue weighted by Gasteiger charge is -2.33. The minimum Gasteiger partial charge on any atom is -0.304 e. The third-order valence-corrected chi connectivity index (χ3v) is 4.86. The monoisotopic (exact) mass is 309 g/mol. The number of halogens is 1. The molecule has 1 fully saturated rings. The third kappa shape index (κ3) is 2.66. The highest BCUT2D eigenvalue weighted by atomic mass is 35.5. The van der Waals surface area contributed by atoms with E-state index in [1.807, 2.05) is 19.1 Å². The smallest absolute Gasteiger partial charge is 0.246 e. The fraction of sp³-hybridized carbons (Fsp3) is 0.429. The molecule has 1 aromatic heterocycles. The number of hydrogen-bond acceptors (Lipinski definition) is 4. The van der Waals surface area contributed by atoms with E-state index in [1.165, 1.54) is 11.3 Å². The number of piperidine rings is 1. The van der Waals surface area contributed by atoms with Gasteiger partial charge < -0.3 is 10.6 Å². The highest BCUT2D eigenvalue weighted by Crippen LogP contribution is 2.29. The molecule has 1 amide bonds. The summed E-state index contributed by atoms with van der Waals surface area (Å²) in [6.45, 7) is 2.84. The Bertz CT molecular complexity index is 649. The summed E-state index contributed by atoms with van der Waals surface area (Å²) in [4.78, 5) is 16.8. The number of nitrogens with zero attached hydrogens (tertiary/aromatic N) is 1. The number of nitrogens with one attached hydrogen (secondary N) is 2. The molecule has 0 aliphatic carbocycles. The summed E-state index contributed by atoms with van der Waals surface area (Å²) in [6, 6.07) is 5.54. The van der Waals surface area contributed by atoms with Crippen LogP contribution in [0.3, 0.4) is 0 Å². The fourth-order valence-electron chi connectivity index (χ4n) is 2.44. The number of thiazole rings is 1. The lowest BCUT2D eigenvalue weighted by atomic mass is 9.90. The second kappa shape index (κ2) is 5.31. The molecule has 6 heteroatoms. The van der Waals surface area contributed by atoms with Crippen LogP contribution in [-0.4, -0.2) is 23.0 Å². The van der Waals surface area contributed by atoms with Gasteiger partial charge in [0.05, 0.1) is 15.8 Å². The van der Waals surface area contributed by atoms with Gasteiger partial charge in [0.2, 0.25) is 5.91 Å². The first-order valence-corrected chi connectivity index (χ1v) is 7.89. The number of carbonyl (C=O) groups is 1. The van der Waals surface area contributed by atoms with Crippen molar-refractivity contribution in [2.45, 2.75) is 31.7 Å². The van der Waals surface area contributed by atoms with Gasteiger partial charge in [-0.2, -0.15) is 0 Å². The van der Waals surface area contributed by atoms with Crippen molar-refractivity contribution in [3.05, 3.63) is 23.2 Å². The number of benzene rings is 1. The second-order valence-corrected chi connectivity index (χ2v) is 6.77. The van der Waals surface area contributed by atoms with Crippen molar-refractivity contribution in [3.63, 3.8) is 0 Å². The normalized spacial score (nSPS) is 22.9. The van der Waals surface area contributed by atoms with Gasteiger partial charge in [-0.05, 0) is 50.9 Å². The summed E-state index contributed by atoms with van der Waals surface area (Å²) in [5.41, 5.74) is 0.366. The number of rotatable bonds is 2. The molecule has 0 saturated carbocycles. The lowest BCUT2D eigenvalue weighted by Crippen LogP contribution is -2.54. The minimum atomic E-state index is -0.492. The molecule has 1 saturated heterocycles. The van der Waals surface area contributed by atoms with E-state index in [4.69, 9.17) is 11.6 Å². The van der Waals surface area contributed by atoms with Crippen LogP contribution in [-0.2, 0) is 4.79 Å². The molecular formula is C14H16ClN3OS. The van der Waals surface area contributed by atoms with Gasteiger partial charge in [0.25, 0.3) is 0 Å². The zero-order valence-corrected chi connectivity index (χ0v) is 12.8. The van der Waals surface area contributed by atoms with E-state index in [0.29, 0.717) is 10.2 Å². The van der Waals surface area contributed by atoms with E-state index in [9.17, 15) is 4.79 Å². The molecule has 2 aromatic rings. The maximum Gasteiger partial charge on any atom is 0.246 e. The summed E-state index contributed by atoms with van der Waals surface area (Å²) in [7, 11) is 0. The van der Waals surface area contributed by atoms with E-state index in [1.54, 1.807) is 6.07 Å². The molecule has 1 unspecified atom stereocenters. The molecule has 4 nitrogen and oxygen atoms in total. The van der Waals surface area contributed by atoms with Crippen LogP contribution < -0.4 is 10.6 Å². The quantitative estimate of drug-likeness (QED) is 0.893. The SMILES string of the molecule is CC1(C(=O)Nc2nc3ccc(Cl)cc3s2)CCCCN1. The van der Waals surface area contributed by atoms with Crippen molar-refractivity contribution < 1.29 is 4.79 Å². The number of carbonyl (C=O) groups excluding carboxylic acids is 1. The summed E-state index contributed by atoms with van der Waals surface area (Å²) >= 11 is 7.41. The van der Waals surface area contributed by atoms with E-state index in [0.717, 1.165) is 36.0 Å². The fourth-order valence-corrected chi connectivity index (χ4v) is 3.57. The predicted octanol–water partition coefficient (Wildman–Crippen LogP) is 3.42. The summed E-state index contributed by atoms with van der Waals surface area (Å²) in [5.74, 6) is -0.0117. The molecule has 2 N–H and O–H groups in total. The first-order valence-electron chi connectivity index (χ1n) is 6.69. The minimum absolute atomic E-state index is 0.0117. The molecular weight excluding hydrogens is 294 g/mol. The first-order chi connectivity index (χ1) is 9.57. The average molecular weight is 310 g/mol. The largest absolute Gasteiger partial charge is 0.304 e. The Morgan fingerprint density at radius 3 is 3.10 bits per heavy atom. The molecule has 0 spiro atoms. The molecule has 2 heterocycles. The topological polar surface area (TPSA) is 54.0 Å². The Labute approximate surface area is 126 Å². The first kappa shape index (κ1) is 13.8. The Balaban J connectivity index is 1.80. The molecule has 0 radical (unpaired) electrons. The molecule has 0 bridgehead atoms. The van der Waals surface area contributed by atoms with E-state index in [2.05, 4.69) is 15.6 Å². The maximum atomic E-state index is 12.4. The predicted molar refractivity (Wildman–Crippen MR) is 83.5 cm³/mol. The summed E-state index contributed by atoms with van der Waals surface area (Å²) < 4.78 is 0.981. The van der Waals surface area contributed by atoms with Crippen molar-refractivity contribution >= 4 is 44.2 Å². The van der Waals surface area contributed by atoms with Gasteiger partial charge in [0.1, 0.15) is 0 Å². The molecule has 1 atom stereocenters. The molecule has 20 heavy (non-hydrogen) atoms. The number of amides is 1. The van der Waals surface area contributed by atoms with Crippen molar-refractivity contribution in [1.29, 1.82) is 0 Å². The van der Waals surface area contributed by atoms with Crippen molar-refractivity contribution in [2.24, 2.45) is 0 Å². The number of fused-ring (bicyclic) bond motifs is 1. The highest BCUT2D eigenvalue weighted by Gasteiger charge is 2.34. The van der Waals surface area contributed by atoms with Gasteiger partial charge in [-0.3, -0.25) is 4.79 Å². The number of hydrogen-bond donors (Lipinski definition) is 2. The van der Waals surface area contributed by atoms with E-state index in [-0.39, 0.29) is 5.91 Å². The number of aromatic nitrogens is 1. The maximum absolute atomic E-state index is 12.4. The van der Waals surface area contributed by atoms with E-state index < -0.39 is 5.54 Å². The van der Waals surface area contributed by atoms with Crippen molar-refractivity contribution in [1.82, 2.24) is 10.3 Å². The third-order valence-electron chi connectivity index (χ3n) is 3.69. The van der Waals surface area contributed by atoms with Gasteiger partial charge in [-0.1, -0.05) is 22.9 Å². The van der Waals surface area contributed by atoms with Crippen LogP contribution in [0.25, 0.3) is 10.2 Å². The van der Waals surface area contributed by atoms with Gasteiger partial charge in [0.15, 0.2) is 5.13 Å². The van der Waals surface area contributed by atoms with Crippen molar-refractivity contribution in [2.75, 3.05) is 11.9 Å². The molecule has 1 aliphatic rings. The van der Waals surface area contributed by atoms with Crippen LogP contribution in [0.1, 0.15) is 26.2 Å². The van der Waals surface area contributed by atoms with Gasteiger partial charge in [-0.25, -0.2) is 4.98 Å².